The number of carbonyl (C=O) groups excluding carboxylic acids is 1. The highest BCUT2D eigenvalue weighted by atomic mass is 16.5. The van der Waals surface area contributed by atoms with Crippen LogP contribution >= 0.6 is 0 Å². The summed E-state index contributed by atoms with van der Waals surface area (Å²) in [5, 5.41) is 0.721. The molecule has 6 nitrogen and oxygen atoms in total. The average molecular weight is 312 g/mol. The van der Waals surface area contributed by atoms with E-state index in [9.17, 15) is 4.79 Å². The molecule has 0 bridgehead atoms. The highest BCUT2D eigenvalue weighted by Gasteiger charge is 2.11. The highest BCUT2D eigenvalue weighted by molar-refractivity contribution is 5.87. The van der Waals surface area contributed by atoms with Crippen LogP contribution in [0, 0.1) is 13.8 Å². The fourth-order valence-electron chi connectivity index (χ4n) is 2.22. The van der Waals surface area contributed by atoms with Gasteiger partial charge in [0.15, 0.2) is 5.75 Å². The number of furan rings is 1. The number of aryl methyl sites for hydroxylation is 2. The minimum absolute atomic E-state index is 0.322. The Hall–Kier alpha value is -2.89. The van der Waals surface area contributed by atoms with Gasteiger partial charge in [-0.25, -0.2) is 0 Å². The quantitative estimate of drug-likeness (QED) is 0.688. The highest BCUT2D eigenvalue weighted by Crippen LogP contribution is 2.31. The first kappa shape index (κ1) is 15.0. The number of benzene rings is 1. The van der Waals surface area contributed by atoms with Crippen molar-refractivity contribution in [2.45, 2.75) is 27.4 Å². The largest absolute Gasteiger partial charge is 0.487 e. The zero-order valence-corrected chi connectivity index (χ0v) is 13.1. The van der Waals surface area contributed by atoms with Crippen molar-refractivity contribution in [2.24, 2.45) is 0 Å². The van der Waals surface area contributed by atoms with Gasteiger partial charge in [0, 0.05) is 19.2 Å². The van der Waals surface area contributed by atoms with E-state index in [1.807, 2.05) is 13.8 Å². The van der Waals surface area contributed by atoms with Crippen molar-refractivity contribution in [3.05, 3.63) is 47.7 Å². The summed E-state index contributed by atoms with van der Waals surface area (Å²) in [6.07, 6.45) is 3.12. The fourth-order valence-corrected chi connectivity index (χ4v) is 2.22. The van der Waals surface area contributed by atoms with Gasteiger partial charge in [-0.2, -0.15) is 0 Å². The molecule has 0 N–H and O–H groups in total. The van der Waals surface area contributed by atoms with Gasteiger partial charge in [-0.15, -0.1) is 0 Å². The topological polar surface area (TPSA) is 74.5 Å². The molecule has 0 amide bonds. The molecule has 0 aliphatic rings. The van der Waals surface area contributed by atoms with Crippen molar-refractivity contribution >= 4 is 16.9 Å². The van der Waals surface area contributed by atoms with Gasteiger partial charge in [0.2, 0.25) is 0 Å². The Morgan fingerprint density at radius 1 is 1.30 bits per heavy atom. The predicted octanol–water partition coefficient (Wildman–Crippen LogP) is 3.34. The number of carbonyl (C=O) groups is 1. The Morgan fingerprint density at radius 3 is 2.87 bits per heavy atom. The molecule has 0 saturated carbocycles. The molecule has 0 saturated heterocycles. The molecule has 6 heteroatoms. The molecule has 0 fully saturated rings. The maximum atomic E-state index is 11.0. The zero-order chi connectivity index (χ0) is 16.4. The van der Waals surface area contributed by atoms with E-state index >= 15 is 0 Å². The summed E-state index contributed by atoms with van der Waals surface area (Å²) < 4.78 is 16.2. The van der Waals surface area contributed by atoms with Gasteiger partial charge in [-0.3, -0.25) is 14.8 Å². The summed E-state index contributed by atoms with van der Waals surface area (Å²) in [6, 6.07) is 5.33. The van der Waals surface area contributed by atoms with Crippen LogP contribution in [-0.4, -0.2) is 15.9 Å². The molecule has 3 aromatic rings. The minimum Gasteiger partial charge on any atom is -0.487 e. The van der Waals surface area contributed by atoms with Crippen LogP contribution in [0.15, 0.2) is 35.1 Å². The Kier molecular flexibility index (Phi) is 3.97. The van der Waals surface area contributed by atoms with Crippen LogP contribution in [0.5, 0.6) is 11.5 Å². The normalized spacial score (nSPS) is 10.7. The first-order chi connectivity index (χ1) is 11.0. The average Bonchev–Trinajstić information content (AvgIpc) is 2.88. The van der Waals surface area contributed by atoms with E-state index in [-0.39, 0.29) is 5.97 Å². The van der Waals surface area contributed by atoms with E-state index in [2.05, 4.69) is 9.97 Å². The molecule has 118 valence electrons. The molecular formula is C17H16N2O4. The number of nitrogens with zero attached hydrogens (tertiary/aromatic N) is 2. The number of aromatic nitrogens is 2. The first-order valence-electron chi connectivity index (χ1n) is 7.14. The number of rotatable bonds is 4. The lowest BCUT2D eigenvalue weighted by atomic mass is 10.2. The van der Waals surface area contributed by atoms with Gasteiger partial charge in [-0.1, -0.05) is 0 Å². The van der Waals surface area contributed by atoms with E-state index in [0.717, 1.165) is 22.5 Å². The second-order valence-electron chi connectivity index (χ2n) is 5.18. The number of hydrogen-bond donors (Lipinski definition) is 0. The van der Waals surface area contributed by atoms with Crippen LogP contribution in [0.2, 0.25) is 0 Å². The van der Waals surface area contributed by atoms with Crippen molar-refractivity contribution < 1.29 is 18.7 Å². The molecule has 0 unspecified atom stereocenters. The van der Waals surface area contributed by atoms with E-state index in [4.69, 9.17) is 13.9 Å². The summed E-state index contributed by atoms with van der Waals surface area (Å²) >= 11 is 0. The van der Waals surface area contributed by atoms with Gasteiger partial charge < -0.3 is 13.9 Å². The SMILES string of the molecule is CC(=O)Oc1coc2cc(OCc3ncc(C)nc3C)ccc12. The lowest BCUT2D eigenvalue weighted by Crippen LogP contribution is -2.03. The van der Waals surface area contributed by atoms with Crippen molar-refractivity contribution in [3.8, 4) is 11.5 Å². The first-order valence-corrected chi connectivity index (χ1v) is 7.14. The van der Waals surface area contributed by atoms with Gasteiger partial charge in [-0.05, 0) is 26.0 Å². The van der Waals surface area contributed by atoms with Crippen molar-refractivity contribution in [1.82, 2.24) is 9.97 Å². The molecule has 3 rings (SSSR count). The number of esters is 1. The summed E-state index contributed by atoms with van der Waals surface area (Å²) in [7, 11) is 0. The fraction of sp³-hybridized carbons (Fsp3) is 0.235. The second-order valence-corrected chi connectivity index (χ2v) is 5.18. The van der Waals surface area contributed by atoms with E-state index < -0.39 is 0 Å². The number of ether oxygens (including phenoxy) is 2. The number of fused-ring (bicyclic) bond motifs is 1. The molecule has 0 atom stereocenters. The van der Waals surface area contributed by atoms with Crippen LogP contribution in [0.4, 0.5) is 0 Å². The van der Waals surface area contributed by atoms with Crippen LogP contribution in [0.3, 0.4) is 0 Å². The van der Waals surface area contributed by atoms with Gasteiger partial charge in [0.25, 0.3) is 0 Å². The molecule has 23 heavy (non-hydrogen) atoms. The molecule has 2 aromatic heterocycles. The summed E-state index contributed by atoms with van der Waals surface area (Å²) in [5.41, 5.74) is 3.10. The van der Waals surface area contributed by atoms with Crippen LogP contribution in [-0.2, 0) is 11.4 Å². The maximum Gasteiger partial charge on any atom is 0.308 e. The predicted molar refractivity (Wildman–Crippen MR) is 83.4 cm³/mol. The molecule has 0 aliphatic carbocycles. The lowest BCUT2D eigenvalue weighted by Gasteiger charge is -2.08. The van der Waals surface area contributed by atoms with Crippen LogP contribution in [0.25, 0.3) is 11.0 Å². The second kappa shape index (κ2) is 6.08. The van der Waals surface area contributed by atoms with E-state index in [0.29, 0.717) is 23.7 Å². The van der Waals surface area contributed by atoms with Crippen LogP contribution < -0.4 is 9.47 Å². The summed E-state index contributed by atoms with van der Waals surface area (Å²) in [6.45, 7) is 5.47. The third-order valence-electron chi connectivity index (χ3n) is 3.31. The molecule has 0 spiro atoms. The monoisotopic (exact) mass is 312 g/mol. The Morgan fingerprint density at radius 2 is 2.13 bits per heavy atom. The smallest absolute Gasteiger partial charge is 0.308 e. The minimum atomic E-state index is -0.388. The van der Waals surface area contributed by atoms with E-state index in [1.54, 1.807) is 24.4 Å². The zero-order valence-electron chi connectivity index (χ0n) is 13.1. The third kappa shape index (κ3) is 3.31. The lowest BCUT2D eigenvalue weighted by molar-refractivity contribution is -0.131. The molecule has 0 aliphatic heterocycles. The van der Waals surface area contributed by atoms with Gasteiger partial charge in [0.05, 0.1) is 22.5 Å². The van der Waals surface area contributed by atoms with Crippen molar-refractivity contribution in [3.63, 3.8) is 0 Å². The Balaban J connectivity index is 1.77. The van der Waals surface area contributed by atoms with E-state index in [1.165, 1.54) is 13.2 Å². The van der Waals surface area contributed by atoms with Crippen molar-refractivity contribution in [1.29, 1.82) is 0 Å². The molecule has 2 heterocycles. The van der Waals surface area contributed by atoms with Gasteiger partial charge >= 0.3 is 5.97 Å². The molecule has 1 aromatic carbocycles. The summed E-state index contributed by atoms with van der Waals surface area (Å²) in [5.74, 6) is 0.656. The van der Waals surface area contributed by atoms with Crippen molar-refractivity contribution in [2.75, 3.05) is 0 Å². The Labute approximate surface area is 133 Å². The molecular weight excluding hydrogens is 296 g/mol. The number of hydrogen-bond acceptors (Lipinski definition) is 6. The standard InChI is InChI=1S/C17H16N2O4/c1-10-7-18-15(11(2)19-10)8-21-13-4-5-14-16(6-13)22-9-17(14)23-12(3)20/h4-7,9H,8H2,1-3H3. The maximum absolute atomic E-state index is 11.0. The van der Waals surface area contributed by atoms with Gasteiger partial charge in [0.1, 0.15) is 24.2 Å². The summed E-state index contributed by atoms with van der Waals surface area (Å²) in [4.78, 5) is 19.7. The third-order valence-corrected chi connectivity index (χ3v) is 3.31. The Bertz CT molecular complexity index is 870. The molecule has 0 radical (unpaired) electrons. The van der Waals surface area contributed by atoms with Crippen LogP contribution in [0.1, 0.15) is 24.0 Å².